The van der Waals surface area contributed by atoms with Gasteiger partial charge >= 0.3 is 0 Å². The van der Waals surface area contributed by atoms with Crippen LogP contribution in [0.4, 0.5) is 26.2 Å². The fourth-order valence-corrected chi connectivity index (χ4v) is 5.15. The van der Waals surface area contributed by atoms with Crippen molar-refractivity contribution in [1.29, 1.82) is 0 Å². The van der Waals surface area contributed by atoms with Gasteiger partial charge in [-0.05, 0) is 44.2 Å². The van der Waals surface area contributed by atoms with Crippen LogP contribution < -0.4 is 15.5 Å². The maximum Gasteiger partial charge on any atom is 0.229 e. The highest BCUT2D eigenvalue weighted by atomic mass is 19.1. The summed E-state index contributed by atoms with van der Waals surface area (Å²) in [5.74, 6) is 0.133. The number of pyridine rings is 1. The number of hydrogen-bond donors (Lipinski definition) is 2. The zero-order valence-electron chi connectivity index (χ0n) is 22.1. The molecule has 2 N–H and O–H groups in total. The number of nitrogens with zero attached hydrogens (tertiary/aromatic N) is 6. The highest BCUT2D eigenvalue weighted by molar-refractivity contribution is 5.78. The second-order valence-corrected chi connectivity index (χ2v) is 10.3. The molecule has 0 aliphatic carbocycles. The summed E-state index contributed by atoms with van der Waals surface area (Å²) in [6, 6.07) is 9.23. The molecule has 2 fully saturated rings. The second kappa shape index (κ2) is 10.8. The van der Waals surface area contributed by atoms with E-state index in [0.717, 1.165) is 30.0 Å². The van der Waals surface area contributed by atoms with Crippen molar-refractivity contribution >= 4 is 28.5 Å². The summed E-state index contributed by atoms with van der Waals surface area (Å²) in [7, 11) is 0. The normalized spacial score (nSPS) is 20.5. The molecule has 3 aromatic heterocycles. The Kier molecular flexibility index (Phi) is 7.11. The number of aromatic nitrogens is 4. The maximum absolute atomic E-state index is 15.1. The molecule has 11 heteroatoms. The Morgan fingerprint density at radius 1 is 1.05 bits per heavy atom. The summed E-state index contributed by atoms with van der Waals surface area (Å²) >= 11 is 0. The summed E-state index contributed by atoms with van der Waals surface area (Å²) < 4.78 is 37.1. The average molecular weight is 535 g/mol. The second-order valence-electron chi connectivity index (χ2n) is 10.3. The fourth-order valence-electron chi connectivity index (χ4n) is 5.15. The van der Waals surface area contributed by atoms with E-state index in [2.05, 4.69) is 44.3 Å². The van der Waals surface area contributed by atoms with Crippen molar-refractivity contribution in [3.8, 4) is 5.69 Å². The first-order chi connectivity index (χ1) is 18.9. The predicted octanol–water partition coefficient (Wildman–Crippen LogP) is 3.86. The Balaban J connectivity index is 1.22. The van der Waals surface area contributed by atoms with Gasteiger partial charge in [0.05, 0.1) is 30.8 Å². The molecule has 39 heavy (non-hydrogen) atoms. The van der Waals surface area contributed by atoms with Gasteiger partial charge in [-0.25, -0.2) is 18.7 Å². The van der Waals surface area contributed by atoms with Gasteiger partial charge in [0.1, 0.15) is 23.1 Å². The zero-order valence-corrected chi connectivity index (χ0v) is 22.1. The molecule has 0 unspecified atom stereocenters. The molecule has 0 radical (unpaired) electrons. The van der Waals surface area contributed by atoms with Crippen molar-refractivity contribution in [2.75, 3.05) is 49.6 Å². The Bertz CT molecular complexity index is 1430. The molecule has 0 bridgehead atoms. The SMILES string of the molecule is C[C@@H]1CN[C@@H](C)CN1c1ccc(Nc2ncc3ccn(-c4cc(F)c(CN5CCOCC5)c(F)c4)c3n2)cn1. The van der Waals surface area contributed by atoms with E-state index in [1.54, 1.807) is 23.2 Å². The monoisotopic (exact) mass is 534 g/mol. The van der Waals surface area contributed by atoms with Crippen molar-refractivity contribution in [3.05, 3.63) is 66.1 Å². The maximum atomic E-state index is 15.1. The van der Waals surface area contributed by atoms with Crippen LogP contribution in [0.5, 0.6) is 0 Å². The van der Waals surface area contributed by atoms with E-state index in [-0.39, 0.29) is 12.1 Å². The Morgan fingerprint density at radius 2 is 1.85 bits per heavy atom. The van der Waals surface area contributed by atoms with Gasteiger partial charge in [-0.15, -0.1) is 0 Å². The quantitative estimate of drug-likeness (QED) is 0.386. The number of benzene rings is 1. The summed E-state index contributed by atoms with van der Waals surface area (Å²) in [4.78, 5) is 18.0. The van der Waals surface area contributed by atoms with Gasteiger partial charge in [-0.1, -0.05) is 0 Å². The average Bonchev–Trinajstić information content (AvgIpc) is 3.36. The van der Waals surface area contributed by atoms with Crippen LogP contribution in [0.15, 0.2) is 48.9 Å². The lowest BCUT2D eigenvalue weighted by Gasteiger charge is -2.38. The van der Waals surface area contributed by atoms with E-state index in [1.165, 1.54) is 12.1 Å². The molecule has 6 rings (SSSR count). The van der Waals surface area contributed by atoms with Crippen LogP contribution in [0.25, 0.3) is 16.7 Å². The lowest BCUT2D eigenvalue weighted by Crippen LogP contribution is -2.54. The highest BCUT2D eigenvalue weighted by Crippen LogP contribution is 2.26. The smallest absolute Gasteiger partial charge is 0.229 e. The molecule has 1 aromatic carbocycles. The molecule has 2 atom stereocenters. The largest absolute Gasteiger partial charge is 0.379 e. The number of nitrogens with one attached hydrogen (secondary N) is 2. The van der Waals surface area contributed by atoms with Gasteiger partial charge in [-0.3, -0.25) is 4.90 Å². The number of ether oxygens (including phenoxy) is 1. The highest BCUT2D eigenvalue weighted by Gasteiger charge is 2.23. The molecule has 2 aliphatic heterocycles. The van der Waals surface area contributed by atoms with E-state index < -0.39 is 11.6 Å². The number of fused-ring (bicyclic) bond motifs is 1. The van der Waals surface area contributed by atoms with Crippen molar-refractivity contribution in [1.82, 2.24) is 29.7 Å². The van der Waals surface area contributed by atoms with Crippen molar-refractivity contribution in [2.45, 2.75) is 32.5 Å². The lowest BCUT2D eigenvalue weighted by atomic mass is 10.1. The van der Waals surface area contributed by atoms with Crippen LogP contribution in [-0.4, -0.2) is 75.9 Å². The van der Waals surface area contributed by atoms with Crippen molar-refractivity contribution in [2.24, 2.45) is 0 Å². The Labute approximate surface area is 225 Å². The van der Waals surface area contributed by atoms with Crippen LogP contribution in [0, 0.1) is 11.6 Å². The van der Waals surface area contributed by atoms with E-state index in [4.69, 9.17) is 4.74 Å². The first kappa shape index (κ1) is 25.6. The fraction of sp³-hybridized carbons (Fsp3) is 0.393. The number of rotatable bonds is 6. The number of halogens is 2. The third-order valence-electron chi connectivity index (χ3n) is 7.38. The molecular formula is C28H32F2N8O. The van der Waals surface area contributed by atoms with Gasteiger partial charge in [0, 0.05) is 68.2 Å². The number of hydrogen-bond acceptors (Lipinski definition) is 8. The summed E-state index contributed by atoms with van der Waals surface area (Å²) in [5.41, 5.74) is 1.72. The molecule has 9 nitrogen and oxygen atoms in total. The van der Waals surface area contributed by atoms with E-state index in [0.29, 0.717) is 55.7 Å². The molecule has 0 amide bonds. The third-order valence-corrected chi connectivity index (χ3v) is 7.38. The molecular weight excluding hydrogens is 502 g/mol. The molecule has 4 aromatic rings. The van der Waals surface area contributed by atoms with Gasteiger partial charge in [0.2, 0.25) is 5.95 Å². The lowest BCUT2D eigenvalue weighted by molar-refractivity contribution is 0.0332. The topological polar surface area (TPSA) is 83.4 Å². The van der Waals surface area contributed by atoms with Gasteiger partial charge in [-0.2, -0.15) is 4.98 Å². The van der Waals surface area contributed by atoms with Crippen LogP contribution in [0.1, 0.15) is 19.4 Å². The predicted molar refractivity (Wildman–Crippen MR) is 147 cm³/mol. The Morgan fingerprint density at radius 3 is 2.59 bits per heavy atom. The van der Waals surface area contributed by atoms with E-state index >= 15 is 8.78 Å². The Hall–Kier alpha value is -3.67. The van der Waals surface area contributed by atoms with Crippen LogP contribution in [0.3, 0.4) is 0 Å². The van der Waals surface area contributed by atoms with Crippen LogP contribution in [0.2, 0.25) is 0 Å². The molecule has 2 aliphatic rings. The molecule has 0 saturated carbocycles. The standard InChI is InChI=1S/C28H32F2N8O/c1-18-16-38(19(2)13-31-18)26-4-3-21(15-32-26)34-28-33-14-20-5-6-37(27(20)35-28)22-11-24(29)23(25(30)12-22)17-36-7-9-39-10-8-36/h3-6,11-12,14-15,18-19,31H,7-10,13,16-17H2,1-2H3,(H,33,34,35)/t18-,19+/m0/s1. The molecule has 204 valence electrons. The van der Waals surface area contributed by atoms with E-state index in [1.807, 2.05) is 23.1 Å². The van der Waals surface area contributed by atoms with Gasteiger partial charge < -0.3 is 24.8 Å². The zero-order chi connectivity index (χ0) is 26.9. The summed E-state index contributed by atoms with van der Waals surface area (Å²) in [6.07, 6.45) is 5.19. The molecule has 2 saturated heterocycles. The minimum absolute atomic E-state index is 0.0645. The van der Waals surface area contributed by atoms with Crippen molar-refractivity contribution in [3.63, 3.8) is 0 Å². The van der Waals surface area contributed by atoms with Crippen LogP contribution >= 0.6 is 0 Å². The van der Waals surface area contributed by atoms with Gasteiger partial charge in [0.15, 0.2) is 0 Å². The first-order valence-electron chi connectivity index (χ1n) is 13.3. The minimum Gasteiger partial charge on any atom is -0.379 e. The first-order valence-corrected chi connectivity index (χ1v) is 13.3. The summed E-state index contributed by atoms with van der Waals surface area (Å²) in [6.45, 7) is 8.82. The molecule has 5 heterocycles. The third kappa shape index (κ3) is 5.42. The van der Waals surface area contributed by atoms with E-state index in [9.17, 15) is 0 Å². The summed E-state index contributed by atoms with van der Waals surface area (Å²) in [5, 5.41) is 7.44. The molecule has 0 spiro atoms. The van der Waals surface area contributed by atoms with Gasteiger partial charge in [0.25, 0.3) is 0 Å². The number of anilines is 3. The van der Waals surface area contributed by atoms with Crippen molar-refractivity contribution < 1.29 is 13.5 Å². The van der Waals surface area contributed by atoms with Crippen LogP contribution in [-0.2, 0) is 11.3 Å². The minimum atomic E-state index is -0.579. The number of piperazine rings is 1. The number of morpholine rings is 1.